The standard InChI is InChI=1S/C27H32O9/c1-15-6-8-24-13-30-21(29)20-25(35-20)9-10-31-27(22(25)36-27)7-4-3-5-19(28)34-16-12-18(33-17(24)11-15)26(14-32-26)23(16,24)2/h3,5,11,16-18,20,22H,4,6-10,12-14H2,1-2H3/b5-3-/t16-,17-,18-,20?,22+,23-,24-,25+,26+,27+/m1/s1. The van der Waals surface area contributed by atoms with Gasteiger partial charge in [-0.3, -0.25) is 0 Å². The fourth-order valence-corrected chi connectivity index (χ4v) is 8.40. The largest absolute Gasteiger partial charge is 0.463 e. The van der Waals surface area contributed by atoms with Gasteiger partial charge < -0.3 is 33.2 Å². The molecular formula is C27H32O9. The summed E-state index contributed by atoms with van der Waals surface area (Å²) in [5, 5.41) is 0. The molecule has 2 aliphatic carbocycles. The molecule has 0 aromatic heterocycles. The minimum Gasteiger partial charge on any atom is -0.463 e. The lowest BCUT2D eigenvalue weighted by Crippen LogP contribution is -2.66. The van der Waals surface area contributed by atoms with E-state index in [1.165, 1.54) is 11.6 Å². The molecular weight excluding hydrogens is 468 g/mol. The Morgan fingerprint density at radius 2 is 1.89 bits per heavy atom. The molecule has 0 aromatic rings. The normalized spacial score (nSPS) is 57.4. The molecule has 194 valence electrons. The van der Waals surface area contributed by atoms with Crippen molar-refractivity contribution in [3.05, 3.63) is 23.8 Å². The third kappa shape index (κ3) is 2.54. The molecule has 5 saturated heterocycles. The summed E-state index contributed by atoms with van der Waals surface area (Å²) in [5.74, 6) is -1.49. The Morgan fingerprint density at radius 3 is 2.72 bits per heavy atom. The quantitative estimate of drug-likeness (QED) is 0.281. The van der Waals surface area contributed by atoms with Crippen LogP contribution in [0.2, 0.25) is 0 Å². The molecule has 6 fully saturated rings. The summed E-state index contributed by atoms with van der Waals surface area (Å²) in [5.41, 5.74) is -1.11. The molecule has 8 rings (SSSR count). The van der Waals surface area contributed by atoms with E-state index in [4.69, 9.17) is 33.2 Å². The molecule has 0 aromatic carbocycles. The van der Waals surface area contributed by atoms with Gasteiger partial charge in [0.25, 0.3) is 0 Å². The SMILES string of the molecule is CC1=C[C@H]2O[C@@H]3C[C@H]4OC(=O)/C=C\CC[C@@]56OCC[C@@]7(OC7C(=O)OC[C@@]2(CC1)[C@]4(C)[C@]31CO1)[C@@H]5O6. The van der Waals surface area contributed by atoms with E-state index in [-0.39, 0.29) is 36.9 Å². The van der Waals surface area contributed by atoms with Crippen LogP contribution >= 0.6 is 0 Å². The van der Waals surface area contributed by atoms with Crippen LogP contribution in [0, 0.1) is 10.8 Å². The number of ether oxygens (including phenoxy) is 7. The number of rotatable bonds is 0. The highest BCUT2D eigenvalue weighted by molar-refractivity contribution is 5.82. The first-order valence-corrected chi connectivity index (χ1v) is 13.3. The van der Waals surface area contributed by atoms with Crippen molar-refractivity contribution < 1.29 is 42.7 Å². The van der Waals surface area contributed by atoms with Crippen molar-refractivity contribution >= 4 is 11.9 Å². The molecule has 8 aliphatic rings. The van der Waals surface area contributed by atoms with Gasteiger partial charge in [-0.25, -0.2) is 9.59 Å². The summed E-state index contributed by atoms with van der Waals surface area (Å²) in [6.45, 7) is 5.43. The maximum atomic E-state index is 13.4. The maximum absolute atomic E-state index is 13.4. The molecule has 6 heterocycles. The van der Waals surface area contributed by atoms with Crippen molar-refractivity contribution in [1.82, 2.24) is 0 Å². The Morgan fingerprint density at radius 1 is 1.03 bits per heavy atom. The van der Waals surface area contributed by atoms with Crippen molar-refractivity contribution in [2.24, 2.45) is 10.8 Å². The van der Waals surface area contributed by atoms with Gasteiger partial charge in [0.2, 0.25) is 0 Å². The van der Waals surface area contributed by atoms with Crippen LogP contribution in [0.4, 0.5) is 0 Å². The number of hydrogen-bond acceptors (Lipinski definition) is 9. The summed E-state index contributed by atoms with van der Waals surface area (Å²) in [6.07, 6.45) is 7.66. The number of hydrogen-bond donors (Lipinski definition) is 0. The van der Waals surface area contributed by atoms with Gasteiger partial charge in [-0.1, -0.05) is 24.6 Å². The first kappa shape index (κ1) is 22.2. The van der Waals surface area contributed by atoms with Gasteiger partial charge >= 0.3 is 11.9 Å². The Bertz CT molecular complexity index is 1110. The molecule has 1 saturated carbocycles. The van der Waals surface area contributed by atoms with E-state index in [2.05, 4.69) is 19.9 Å². The Balaban J connectivity index is 1.19. The van der Waals surface area contributed by atoms with E-state index in [0.29, 0.717) is 38.9 Å². The number of carbonyl (C=O) groups is 2. The molecule has 9 nitrogen and oxygen atoms in total. The number of epoxide rings is 3. The van der Waals surface area contributed by atoms with Crippen LogP contribution in [0.25, 0.3) is 0 Å². The van der Waals surface area contributed by atoms with Crippen molar-refractivity contribution in [1.29, 1.82) is 0 Å². The molecule has 0 amide bonds. The summed E-state index contributed by atoms with van der Waals surface area (Å²) in [7, 11) is 0. The third-order valence-corrected chi connectivity index (χ3v) is 10.7. The van der Waals surface area contributed by atoms with E-state index in [0.717, 1.165) is 12.8 Å². The van der Waals surface area contributed by atoms with Crippen LogP contribution in [-0.4, -0.2) is 79.3 Å². The molecule has 6 aliphatic heterocycles. The predicted octanol–water partition coefficient (Wildman–Crippen LogP) is 2.12. The second kappa shape index (κ2) is 6.80. The van der Waals surface area contributed by atoms with Gasteiger partial charge in [-0.15, -0.1) is 0 Å². The lowest BCUT2D eigenvalue weighted by Gasteiger charge is -2.58. The predicted molar refractivity (Wildman–Crippen MR) is 120 cm³/mol. The van der Waals surface area contributed by atoms with Crippen molar-refractivity contribution in [2.75, 3.05) is 19.8 Å². The van der Waals surface area contributed by atoms with Gasteiger partial charge in [0, 0.05) is 30.8 Å². The van der Waals surface area contributed by atoms with Gasteiger partial charge in [-0.2, -0.15) is 0 Å². The van der Waals surface area contributed by atoms with Crippen molar-refractivity contribution in [2.45, 2.75) is 99.9 Å². The first-order valence-electron chi connectivity index (χ1n) is 13.3. The average Bonchev–Trinajstić information content (AvgIpc) is 3.74. The zero-order valence-corrected chi connectivity index (χ0v) is 20.7. The van der Waals surface area contributed by atoms with E-state index >= 15 is 0 Å². The van der Waals surface area contributed by atoms with Crippen LogP contribution in [0.3, 0.4) is 0 Å². The fourth-order valence-electron chi connectivity index (χ4n) is 8.40. The van der Waals surface area contributed by atoms with Crippen molar-refractivity contribution in [3.8, 4) is 0 Å². The van der Waals surface area contributed by atoms with Gasteiger partial charge in [-0.05, 0) is 26.2 Å². The van der Waals surface area contributed by atoms with Gasteiger partial charge in [0.15, 0.2) is 11.9 Å². The van der Waals surface area contributed by atoms with E-state index in [9.17, 15) is 9.59 Å². The lowest BCUT2D eigenvalue weighted by atomic mass is 9.51. The zero-order chi connectivity index (χ0) is 24.6. The highest BCUT2D eigenvalue weighted by Gasteiger charge is 2.84. The zero-order valence-electron chi connectivity index (χ0n) is 20.7. The van der Waals surface area contributed by atoms with E-state index in [1.54, 1.807) is 0 Å². The van der Waals surface area contributed by atoms with Crippen molar-refractivity contribution in [3.63, 3.8) is 0 Å². The molecule has 0 N–H and O–H groups in total. The number of esters is 2. The Hall–Kier alpha value is -1.78. The molecule has 3 spiro atoms. The topological polar surface area (TPSA) is 109 Å². The maximum Gasteiger partial charge on any atom is 0.338 e. The molecule has 4 bridgehead atoms. The molecule has 0 radical (unpaired) electrons. The Kier molecular flexibility index (Phi) is 4.20. The fraction of sp³-hybridized carbons (Fsp3) is 0.778. The molecule has 10 atom stereocenters. The lowest BCUT2D eigenvalue weighted by molar-refractivity contribution is -0.233. The summed E-state index contributed by atoms with van der Waals surface area (Å²) < 4.78 is 43.0. The van der Waals surface area contributed by atoms with Crippen LogP contribution in [-0.2, 0) is 42.7 Å². The summed E-state index contributed by atoms with van der Waals surface area (Å²) in [4.78, 5) is 26.4. The second-order valence-electron chi connectivity index (χ2n) is 12.2. The van der Waals surface area contributed by atoms with Crippen LogP contribution in [0.5, 0.6) is 0 Å². The third-order valence-electron chi connectivity index (χ3n) is 10.7. The number of allylic oxidation sites excluding steroid dienone is 2. The van der Waals surface area contributed by atoms with Gasteiger partial charge in [0.1, 0.15) is 30.0 Å². The molecule has 9 heteroatoms. The van der Waals surface area contributed by atoms with Gasteiger partial charge in [0.05, 0.1) is 30.8 Å². The summed E-state index contributed by atoms with van der Waals surface area (Å²) >= 11 is 0. The highest BCUT2D eigenvalue weighted by atomic mass is 16.8. The average molecular weight is 501 g/mol. The Labute approximate surface area is 209 Å². The van der Waals surface area contributed by atoms with E-state index < -0.39 is 40.0 Å². The summed E-state index contributed by atoms with van der Waals surface area (Å²) in [6, 6.07) is 0. The monoisotopic (exact) mass is 500 g/mol. The minimum absolute atomic E-state index is 0.154. The number of carbonyl (C=O) groups excluding carboxylic acids is 2. The number of cyclic esters (lactones) is 1. The highest BCUT2D eigenvalue weighted by Crippen LogP contribution is 2.72. The minimum atomic E-state index is -0.750. The van der Waals surface area contributed by atoms with Crippen LogP contribution < -0.4 is 0 Å². The molecule has 36 heavy (non-hydrogen) atoms. The second-order valence-corrected chi connectivity index (χ2v) is 12.2. The van der Waals surface area contributed by atoms with Crippen LogP contribution in [0.15, 0.2) is 23.8 Å². The molecule has 1 unspecified atom stereocenters. The first-order chi connectivity index (χ1) is 17.3. The smallest absolute Gasteiger partial charge is 0.338 e. The van der Waals surface area contributed by atoms with E-state index in [1.807, 2.05) is 6.08 Å². The van der Waals surface area contributed by atoms with Crippen LogP contribution in [0.1, 0.15) is 52.4 Å².